The fourth-order valence-corrected chi connectivity index (χ4v) is 5.85. The number of likely N-dealkylation sites (tertiary alicyclic amines) is 1. The van der Waals surface area contributed by atoms with Crippen LogP contribution >= 0.6 is 0 Å². The van der Waals surface area contributed by atoms with E-state index in [-0.39, 0.29) is 5.75 Å². The van der Waals surface area contributed by atoms with Crippen molar-refractivity contribution < 1.29 is 13.2 Å². The monoisotopic (exact) mass is 391 g/mol. The third-order valence-corrected chi connectivity index (χ3v) is 7.62. The van der Waals surface area contributed by atoms with Gasteiger partial charge in [0.1, 0.15) is 0 Å². The van der Waals surface area contributed by atoms with Crippen molar-refractivity contribution in [3.8, 4) is 0 Å². The number of nitrogens with zero attached hydrogens (tertiary/aromatic N) is 1. The highest BCUT2D eigenvalue weighted by atomic mass is 32.2. The van der Waals surface area contributed by atoms with Gasteiger partial charge in [-0.1, -0.05) is 13.0 Å². The number of nitrogens with one attached hydrogen (secondary N) is 2. The van der Waals surface area contributed by atoms with Crippen LogP contribution < -0.4 is 10.0 Å². The Kier molecular flexibility index (Phi) is 5.16. The number of anilines is 1. The van der Waals surface area contributed by atoms with Crippen LogP contribution in [-0.4, -0.2) is 44.2 Å². The van der Waals surface area contributed by atoms with Gasteiger partial charge in [0.05, 0.1) is 5.75 Å². The largest absolute Gasteiger partial charge is 0.332 e. The summed E-state index contributed by atoms with van der Waals surface area (Å²) < 4.78 is 26.9. The summed E-state index contributed by atoms with van der Waals surface area (Å²) in [5.74, 6) is -0.00735. The molecule has 1 fully saturated rings. The van der Waals surface area contributed by atoms with Crippen molar-refractivity contribution in [1.82, 2.24) is 9.62 Å². The molecule has 1 heterocycles. The molecule has 1 aliphatic heterocycles. The van der Waals surface area contributed by atoms with Crippen LogP contribution in [0.15, 0.2) is 6.07 Å². The van der Waals surface area contributed by atoms with Gasteiger partial charge >= 0.3 is 6.03 Å². The highest BCUT2D eigenvalue weighted by molar-refractivity contribution is 7.90. The predicted octanol–water partition coefficient (Wildman–Crippen LogP) is 2.60. The highest BCUT2D eigenvalue weighted by Crippen LogP contribution is 2.38. The first-order valence-corrected chi connectivity index (χ1v) is 11.8. The van der Waals surface area contributed by atoms with Gasteiger partial charge in [-0.3, -0.25) is 0 Å². The number of carbonyl (C=O) groups is 1. The smallest absolute Gasteiger partial charge is 0.307 e. The first-order chi connectivity index (χ1) is 13.0. The summed E-state index contributed by atoms with van der Waals surface area (Å²) >= 11 is 0. The minimum Gasteiger partial charge on any atom is -0.307 e. The predicted molar refractivity (Wildman–Crippen MR) is 107 cm³/mol. The second kappa shape index (κ2) is 7.43. The number of hydrogen-bond acceptors (Lipinski definition) is 4. The van der Waals surface area contributed by atoms with Gasteiger partial charge in [-0.15, -0.1) is 0 Å². The molecule has 1 saturated heterocycles. The van der Waals surface area contributed by atoms with E-state index in [1.165, 1.54) is 22.3 Å². The SMILES string of the molecule is CCN1CCC1CCS(=O)(=O)NC(=O)Nc1c2c(cc3c1CCC3)CCC2. The summed E-state index contributed by atoms with van der Waals surface area (Å²) in [6, 6.07) is 2.00. The molecule has 2 amide bonds. The molecule has 1 atom stereocenters. The second-order valence-electron chi connectivity index (χ2n) is 7.97. The van der Waals surface area contributed by atoms with Crippen LogP contribution in [0.2, 0.25) is 0 Å². The van der Waals surface area contributed by atoms with Crippen molar-refractivity contribution in [2.24, 2.45) is 0 Å². The molecule has 1 unspecified atom stereocenters. The van der Waals surface area contributed by atoms with Gasteiger partial charge in [0.2, 0.25) is 10.0 Å². The quantitative estimate of drug-likeness (QED) is 0.781. The molecule has 0 spiro atoms. The number of benzene rings is 1. The number of aryl methyl sites for hydroxylation is 2. The van der Waals surface area contributed by atoms with E-state index in [2.05, 4.69) is 27.9 Å². The molecule has 0 aromatic heterocycles. The highest BCUT2D eigenvalue weighted by Gasteiger charge is 2.29. The zero-order valence-electron chi connectivity index (χ0n) is 16.0. The number of amides is 2. The number of rotatable bonds is 6. The third-order valence-electron chi connectivity index (χ3n) is 6.35. The van der Waals surface area contributed by atoms with Gasteiger partial charge in [0, 0.05) is 11.7 Å². The number of carbonyl (C=O) groups excluding carboxylic acids is 1. The minimum atomic E-state index is -3.62. The van der Waals surface area contributed by atoms with Crippen LogP contribution in [0.4, 0.5) is 10.5 Å². The molecular weight excluding hydrogens is 362 g/mol. The molecule has 1 aromatic carbocycles. The fourth-order valence-electron chi connectivity index (χ4n) is 4.83. The zero-order chi connectivity index (χ0) is 19.0. The van der Waals surface area contributed by atoms with E-state index < -0.39 is 16.1 Å². The average molecular weight is 392 g/mol. The van der Waals surface area contributed by atoms with E-state index in [0.29, 0.717) is 12.5 Å². The summed E-state index contributed by atoms with van der Waals surface area (Å²) in [6.07, 6.45) is 7.83. The lowest BCUT2D eigenvalue weighted by Gasteiger charge is -2.40. The molecule has 7 heteroatoms. The van der Waals surface area contributed by atoms with Crippen molar-refractivity contribution in [2.45, 2.75) is 64.3 Å². The molecular formula is C20H29N3O3S. The average Bonchev–Trinajstić information content (AvgIpc) is 3.22. The second-order valence-corrected chi connectivity index (χ2v) is 9.81. The lowest BCUT2D eigenvalue weighted by Crippen LogP contribution is -2.48. The van der Waals surface area contributed by atoms with Crippen molar-refractivity contribution >= 4 is 21.7 Å². The Morgan fingerprint density at radius 3 is 2.37 bits per heavy atom. The lowest BCUT2D eigenvalue weighted by atomic mass is 9.99. The van der Waals surface area contributed by atoms with Crippen molar-refractivity contribution in [3.05, 3.63) is 28.3 Å². The van der Waals surface area contributed by atoms with Gasteiger partial charge in [-0.2, -0.15) is 0 Å². The number of urea groups is 1. The van der Waals surface area contributed by atoms with Crippen LogP contribution in [0.5, 0.6) is 0 Å². The maximum absolute atomic E-state index is 12.5. The van der Waals surface area contributed by atoms with E-state index in [9.17, 15) is 13.2 Å². The Balaban J connectivity index is 1.41. The topological polar surface area (TPSA) is 78.5 Å². The van der Waals surface area contributed by atoms with Gasteiger partial charge in [0.15, 0.2) is 0 Å². The molecule has 27 heavy (non-hydrogen) atoms. The van der Waals surface area contributed by atoms with Crippen LogP contribution in [0.25, 0.3) is 0 Å². The zero-order valence-corrected chi connectivity index (χ0v) is 16.8. The Hall–Kier alpha value is -1.60. The molecule has 2 aliphatic carbocycles. The Morgan fingerprint density at radius 1 is 1.15 bits per heavy atom. The summed E-state index contributed by atoms with van der Waals surface area (Å²) in [5.41, 5.74) is 5.92. The number of fused-ring (bicyclic) bond motifs is 2. The van der Waals surface area contributed by atoms with Crippen molar-refractivity contribution in [1.29, 1.82) is 0 Å². The molecule has 0 saturated carbocycles. The van der Waals surface area contributed by atoms with E-state index >= 15 is 0 Å². The Bertz CT molecular complexity index is 816. The summed E-state index contributed by atoms with van der Waals surface area (Å²) in [7, 11) is -3.62. The summed E-state index contributed by atoms with van der Waals surface area (Å²) in [4.78, 5) is 14.7. The number of sulfonamides is 1. The first kappa shape index (κ1) is 18.7. The molecule has 6 nitrogen and oxygen atoms in total. The standard InChI is InChI=1S/C20H29N3O3S/c1-2-23-11-9-16(23)10-12-27(25,26)22-20(24)21-19-17-7-3-5-14(17)13-15-6-4-8-18(15)19/h13,16H,2-12H2,1H3,(H2,21,22,24). The van der Waals surface area contributed by atoms with Gasteiger partial charge < -0.3 is 10.2 Å². The van der Waals surface area contributed by atoms with Crippen LogP contribution in [0.3, 0.4) is 0 Å². The molecule has 1 aromatic rings. The molecule has 3 aliphatic rings. The van der Waals surface area contributed by atoms with Gasteiger partial charge in [-0.25, -0.2) is 17.9 Å². The molecule has 0 radical (unpaired) electrons. The molecule has 2 N–H and O–H groups in total. The molecule has 4 rings (SSSR count). The maximum Gasteiger partial charge on any atom is 0.332 e. The Labute approximate surface area is 161 Å². The third kappa shape index (κ3) is 3.85. The van der Waals surface area contributed by atoms with Crippen molar-refractivity contribution in [2.75, 3.05) is 24.2 Å². The minimum absolute atomic E-state index is 0.00735. The molecule has 0 bridgehead atoms. The van der Waals surface area contributed by atoms with Crippen LogP contribution in [-0.2, 0) is 35.7 Å². The van der Waals surface area contributed by atoms with E-state index in [0.717, 1.165) is 63.7 Å². The van der Waals surface area contributed by atoms with E-state index in [1.807, 2.05) is 0 Å². The first-order valence-electron chi connectivity index (χ1n) is 10.2. The normalized spacial score (nSPS) is 21.4. The van der Waals surface area contributed by atoms with Crippen LogP contribution in [0.1, 0.15) is 54.9 Å². The van der Waals surface area contributed by atoms with Gasteiger partial charge in [-0.05, 0) is 86.7 Å². The van der Waals surface area contributed by atoms with Gasteiger partial charge in [0.25, 0.3) is 0 Å². The number of hydrogen-bond donors (Lipinski definition) is 2. The van der Waals surface area contributed by atoms with E-state index in [1.54, 1.807) is 0 Å². The fraction of sp³-hybridized carbons (Fsp3) is 0.650. The van der Waals surface area contributed by atoms with E-state index in [4.69, 9.17) is 0 Å². The maximum atomic E-state index is 12.5. The lowest BCUT2D eigenvalue weighted by molar-refractivity contribution is 0.0955. The summed E-state index contributed by atoms with van der Waals surface area (Å²) in [6.45, 7) is 4.07. The molecule has 148 valence electrons. The Morgan fingerprint density at radius 2 is 1.81 bits per heavy atom. The van der Waals surface area contributed by atoms with Crippen LogP contribution in [0, 0.1) is 0 Å². The summed E-state index contributed by atoms with van der Waals surface area (Å²) in [5, 5.41) is 2.89. The van der Waals surface area contributed by atoms with Crippen molar-refractivity contribution in [3.63, 3.8) is 0 Å².